The van der Waals surface area contributed by atoms with E-state index in [1.165, 1.54) is 18.3 Å². The number of aromatic nitrogens is 1. The summed E-state index contributed by atoms with van der Waals surface area (Å²) < 4.78 is 0. The summed E-state index contributed by atoms with van der Waals surface area (Å²) in [5.41, 5.74) is 0.190. The molecule has 0 aliphatic carbocycles. The van der Waals surface area contributed by atoms with E-state index < -0.39 is 0 Å². The Labute approximate surface area is 117 Å². The van der Waals surface area contributed by atoms with Gasteiger partial charge in [-0.1, -0.05) is 0 Å². The maximum Gasteiger partial charge on any atom is 0.270 e. The van der Waals surface area contributed by atoms with Gasteiger partial charge in [0, 0.05) is 24.4 Å². The quantitative estimate of drug-likeness (QED) is 0.851. The molecule has 0 saturated carbocycles. The Hall–Kier alpha value is -1.47. The molecule has 0 radical (unpaired) electrons. The molecule has 0 aliphatic heterocycles. The van der Waals surface area contributed by atoms with Gasteiger partial charge < -0.3 is 15.5 Å². The van der Waals surface area contributed by atoms with E-state index in [1.54, 1.807) is 5.38 Å². The molecule has 7 heteroatoms. The summed E-state index contributed by atoms with van der Waals surface area (Å²) in [5.74, 6) is -0.433. The highest BCUT2D eigenvalue weighted by Crippen LogP contribution is 2.15. The van der Waals surface area contributed by atoms with Gasteiger partial charge in [-0.2, -0.15) is 0 Å². The molecule has 0 fully saturated rings. The second-order valence-corrected chi connectivity index (χ2v) is 5.97. The number of carbonyl (C=O) groups excluding carboxylic acids is 2. The minimum atomic E-state index is -0.234. The zero-order valence-electron chi connectivity index (χ0n) is 11.9. The van der Waals surface area contributed by atoms with E-state index in [9.17, 15) is 9.59 Å². The van der Waals surface area contributed by atoms with Gasteiger partial charge in [0.15, 0.2) is 5.13 Å². The van der Waals surface area contributed by atoms with Gasteiger partial charge >= 0.3 is 0 Å². The topological polar surface area (TPSA) is 74.3 Å². The summed E-state index contributed by atoms with van der Waals surface area (Å²) in [5, 5.41) is 7.45. The van der Waals surface area contributed by atoms with E-state index in [1.807, 2.05) is 32.8 Å². The molecule has 0 bridgehead atoms. The van der Waals surface area contributed by atoms with Crippen LogP contribution >= 0.6 is 11.3 Å². The molecule has 1 rings (SSSR count). The number of amides is 2. The van der Waals surface area contributed by atoms with Crippen molar-refractivity contribution < 1.29 is 9.59 Å². The van der Waals surface area contributed by atoms with Crippen LogP contribution in [0.1, 0.15) is 31.3 Å². The smallest absolute Gasteiger partial charge is 0.270 e. The summed E-state index contributed by atoms with van der Waals surface area (Å²) in [6, 6.07) is 0. The molecule has 19 heavy (non-hydrogen) atoms. The van der Waals surface area contributed by atoms with Gasteiger partial charge in [-0.15, -0.1) is 11.3 Å². The van der Waals surface area contributed by atoms with Crippen LogP contribution in [-0.2, 0) is 4.79 Å². The zero-order valence-corrected chi connectivity index (χ0v) is 12.7. The molecule has 0 atom stereocenters. The first-order chi connectivity index (χ1) is 8.72. The Morgan fingerprint density at radius 2 is 2.05 bits per heavy atom. The lowest BCUT2D eigenvalue weighted by Crippen LogP contribution is -2.48. The van der Waals surface area contributed by atoms with Crippen LogP contribution in [0.5, 0.6) is 0 Å². The SMILES string of the molecule is CC(=O)Nc1nc(C(=O)NCC(C)(C)N(C)C)cs1. The van der Waals surface area contributed by atoms with Crippen LogP contribution in [0.3, 0.4) is 0 Å². The molecule has 0 aliphatic rings. The van der Waals surface area contributed by atoms with E-state index in [2.05, 4.69) is 15.6 Å². The van der Waals surface area contributed by atoms with Crippen LogP contribution in [0.25, 0.3) is 0 Å². The maximum absolute atomic E-state index is 11.9. The molecule has 1 heterocycles. The highest BCUT2D eigenvalue weighted by molar-refractivity contribution is 7.14. The van der Waals surface area contributed by atoms with Crippen LogP contribution in [0.15, 0.2) is 5.38 Å². The van der Waals surface area contributed by atoms with Gasteiger partial charge in [0.05, 0.1) is 0 Å². The Balaban J connectivity index is 2.59. The summed E-state index contributed by atoms with van der Waals surface area (Å²) in [7, 11) is 3.92. The molecule has 2 amide bonds. The number of rotatable bonds is 5. The minimum Gasteiger partial charge on any atom is -0.349 e. The molecule has 1 aromatic rings. The van der Waals surface area contributed by atoms with E-state index in [-0.39, 0.29) is 17.4 Å². The van der Waals surface area contributed by atoms with Crippen molar-refractivity contribution in [3.63, 3.8) is 0 Å². The molecule has 0 saturated heterocycles. The molecule has 0 aromatic carbocycles. The van der Waals surface area contributed by atoms with Crippen molar-refractivity contribution in [3.05, 3.63) is 11.1 Å². The largest absolute Gasteiger partial charge is 0.349 e. The third kappa shape index (κ3) is 4.60. The lowest BCUT2D eigenvalue weighted by Gasteiger charge is -2.32. The molecular formula is C12H20N4O2S. The first kappa shape index (κ1) is 15.6. The van der Waals surface area contributed by atoms with Crippen molar-refractivity contribution >= 4 is 28.3 Å². The average molecular weight is 284 g/mol. The van der Waals surface area contributed by atoms with Crippen LogP contribution in [0, 0.1) is 0 Å². The fourth-order valence-electron chi connectivity index (χ4n) is 1.13. The van der Waals surface area contributed by atoms with E-state index in [0.29, 0.717) is 17.4 Å². The highest BCUT2D eigenvalue weighted by Gasteiger charge is 2.22. The minimum absolute atomic E-state index is 0.133. The fraction of sp³-hybridized carbons (Fsp3) is 0.583. The van der Waals surface area contributed by atoms with Crippen molar-refractivity contribution in [1.82, 2.24) is 15.2 Å². The molecule has 106 valence electrons. The molecule has 0 spiro atoms. The van der Waals surface area contributed by atoms with Crippen molar-refractivity contribution in [2.24, 2.45) is 0 Å². The Morgan fingerprint density at radius 3 is 2.58 bits per heavy atom. The number of nitrogens with one attached hydrogen (secondary N) is 2. The number of carbonyl (C=O) groups is 2. The van der Waals surface area contributed by atoms with Gasteiger partial charge in [0.1, 0.15) is 5.69 Å². The number of nitrogens with zero attached hydrogens (tertiary/aromatic N) is 2. The lowest BCUT2D eigenvalue weighted by atomic mass is 10.0. The van der Waals surface area contributed by atoms with Crippen molar-refractivity contribution in [2.45, 2.75) is 26.3 Å². The summed E-state index contributed by atoms with van der Waals surface area (Å²) in [6.07, 6.45) is 0. The van der Waals surface area contributed by atoms with Crippen molar-refractivity contribution in [1.29, 1.82) is 0 Å². The summed E-state index contributed by atoms with van der Waals surface area (Å²) in [4.78, 5) is 28.9. The lowest BCUT2D eigenvalue weighted by molar-refractivity contribution is -0.114. The number of likely N-dealkylation sites (N-methyl/N-ethyl adjacent to an activating group) is 1. The third-order valence-electron chi connectivity index (χ3n) is 2.91. The average Bonchev–Trinajstić information content (AvgIpc) is 2.73. The second kappa shape index (κ2) is 6.12. The number of thiazole rings is 1. The first-order valence-corrected chi connectivity index (χ1v) is 6.79. The predicted molar refractivity (Wildman–Crippen MR) is 76.5 cm³/mol. The van der Waals surface area contributed by atoms with Gasteiger partial charge in [-0.25, -0.2) is 4.98 Å². The van der Waals surface area contributed by atoms with E-state index in [4.69, 9.17) is 0 Å². The van der Waals surface area contributed by atoms with E-state index in [0.717, 1.165) is 0 Å². The Morgan fingerprint density at radius 1 is 1.42 bits per heavy atom. The van der Waals surface area contributed by atoms with Crippen molar-refractivity contribution in [3.8, 4) is 0 Å². The van der Waals surface area contributed by atoms with Crippen LogP contribution in [0.2, 0.25) is 0 Å². The van der Waals surface area contributed by atoms with Crippen LogP contribution in [-0.4, -0.2) is 47.9 Å². The van der Waals surface area contributed by atoms with Gasteiger partial charge in [-0.05, 0) is 27.9 Å². The normalized spacial score (nSPS) is 11.5. The Bertz CT molecular complexity index is 468. The molecule has 0 unspecified atom stereocenters. The van der Waals surface area contributed by atoms with Gasteiger partial charge in [0.25, 0.3) is 5.91 Å². The van der Waals surface area contributed by atoms with Crippen LogP contribution in [0.4, 0.5) is 5.13 Å². The second-order valence-electron chi connectivity index (χ2n) is 5.11. The molecule has 2 N–H and O–H groups in total. The molecule has 6 nitrogen and oxygen atoms in total. The van der Waals surface area contributed by atoms with E-state index >= 15 is 0 Å². The highest BCUT2D eigenvalue weighted by atomic mass is 32.1. The van der Waals surface area contributed by atoms with Crippen molar-refractivity contribution in [2.75, 3.05) is 26.0 Å². The third-order valence-corrected chi connectivity index (χ3v) is 3.67. The monoisotopic (exact) mass is 284 g/mol. The standard InChI is InChI=1S/C12H20N4O2S/c1-8(17)14-11-15-9(6-19-11)10(18)13-7-12(2,3)16(4)5/h6H,7H2,1-5H3,(H,13,18)(H,14,15,17). The molecular weight excluding hydrogens is 264 g/mol. The summed E-state index contributed by atoms with van der Waals surface area (Å²) >= 11 is 1.23. The maximum atomic E-state index is 11.9. The molecule has 1 aromatic heterocycles. The summed E-state index contributed by atoms with van der Waals surface area (Å²) in [6.45, 7) is 6.00. The van der Waals surface area contributed by atoms with Gasteiger partial charge in [0.2, 0.25) is 5.91 Å². The number of hydrogen-bond acceptors (Lipinski definition) is 5. The zero-order chi connectivity index (χ0) is 14.6. The number of hydrogen-bond donors (Lipinski definition) is 2. The van der Waals surface area contributed by atoms with Gasteiger partial charge in [-0.3, -0.25) is 9.59 Å². The fourth-order valence-corrected chi connectivity index (χ4v) is 1.87. The van der Waals surface area contributed by atoms with Crippen LogP contribution < -0.4 is 10.6 Å². The first-order valence-electron chi connectivity index (χ1n) is 5.91. The predicted octanol–water partition coefficient (Wildman–Crippen LogP) is 1.17. The number of anilines is 1. The Kier molecular flexibility index (Phi) is 5.02.